The van der Waals surface area contributed by atoms with Crippen LogP contribution in [0.3, 0.4) is 0 Å². The second-order valence-electron chi connectivity index (χ2n) is 4.32. The highest BCUT2D eigenvalue weighted by Crippen LogP contribution is 2.32. The first-order valence-electron chi connectivity index (χ1n) is 6.13. The molecule has 0 aliphatic heterocycles. The van der Waals surface area contributed by atoms with Gasteiger partial charge in [0.05, 0.1) is 17.8 Å². The minimum atomic E-state index is -1.05. The summed E-state index contributed by atoms with van der Waals surface area (Å²) in [6, 6.07) is 2.97. The monoisotopic (exact) mass is 306 g/mol. The Morgan fingerprint density at radius 3 is 2.76 bits per heavy atom. The van der Waals surface area contributed by atoms with Gasteiger partial charge in [0.15, 0.2) is 0 Å². The molecule has 8 heteroatoms. The first-order chi connectivity index (χ1) is 9.99. The summed E-state index contributed by atoms with van der Waals surface area (Å²) in [4.78, 5) is 23.9. The molecule has 0 atom stereocenters. The van der Waals surface area contributed by atoms with Crippen LogP contribution < -0.4 is 10.6 Å². The summed E-state index contributed by atoms with van der Waals surface area (Å²) in [5.41, 5.74) is 1.41. The fourth-order valence-electron chi connectivity index (χ4n) is 1.72. The van der Waals surface area contributed by atoms with Gasteiger partial charge in [-0.2, -0.15) is 10.2 Å². The van der Waals surface area contributed by atoms with E-state index in [1.807, 2.05) is 6.92 Å². The van der Waals surface area contributed by atoms with Crippen molar-refractivity contribution in [2.45, 2.75) is 20.4 Å². The van der Waals surface area contributed by atoms with E-state index in [1.54, 1.807) is 25.3 Å². The largest absolute Gasteiger partial charge is 0.478 e. The van der Waals surface area contributed by atoms with Gasteiger partial charge >= 0.3 is 12.0 Å². The number of anilines is 1. The van der Waals surface area contributed by atoms with Crippen LogP contribution in [0.2, 0.25) is 0 Å². The quantitative estimate of drug-likeness (QED) is 0.803. The molecule has 0 saturated heterocycles. The van der Waals surface area contributed by atoms with Crippen molar-refractivity contribution in [2.75, 3.05) is 5.32 Å². The number of aromatic carboxylic acids is 1. The molecule has 21 heavy (non-hydrogen) atoms. The van der Waals surface area contributed by atoms with E-state index in [9.17, 15) is 14.7 Å². The Morgan fingerprint density at radius 2 is 2.14 bits per heavy atom. The van der Waals surface area contributed by atoms with Crippen molar-refractivity contribution in [3.05, 3.63) is 40.0 Å². The molecule has 2 rings (SSSR count). The second kappa shape index (κ2) is 6.31. The molecule has 0 bridgehead atoms. The number of nitrogens with one attached hydrogen (secondary N) is 2. The number of urea groups is 1. The van der Waals surface area contributed by atoms with Crippen LogP contribution >= 0.6 is 11.3 Å². The number of aromatic nitrogens is 2. The maximum Gasteiger partial charge on any atom is 0.338 e. The lowest BCUT2D eigenvalue weighted by Crippen LogP contribution is -2.28. The van der Waals surface area contributed by atoms with E-state index >= 15 is 0 Å². The van der Waals surface area contributed by atoms with Gasteiger partial charge in [0.25, 0.3) is 0 Å². The maximum absolute atomic E-state index is 11.8. The van der Waals surface area contributed by atoms with Gasteiger partial charge < -0.3 is 10.4 Å². The van der Waals surface area contributed by atoms with Crippen LogP contribution in [-0.4, -0.2) is 27.3 Å². The van der Waals surface area contributed by atoms with Crippen LogP contribution in [0.25, 0.3) is 0 Å². The van der Waals surface area contributed by atoms with Gasteiger partial charge in [-0.05, 0) is 31.5 Å². The fraction of sp³-hybridized carbons (Fsp3) is 0.231. The first-order valence-corrected chi connectivity index (χ1v) is 6.95. The Balaban J connectivity index is 2.03. The second-order valence-corrected chi connectivity index (χ2v) is 5.54. The Kier molecular flexibility index (Phi) is 4.49. The molecule has 0 aliphatic carbocycles. The predicted octanol–water partition coefficient (Wildman–Crippen LogP) is 2.17. The molecule has 0 aliphatic rings. The molecule has 0 fully saturated rings. The van der Waals surface area contributed by atoms with Gasteiger partial charge in [-0.1, -0.05) is 0 Å². The SMILES string of the molecule is Cc1sc(NC(=O)NCc2cccnn2)c(C(=O)O)c1C. The number of carbonyl (C=O) groups excluding carboxylic acids is 1. The molecule has 7 nitrogen and oxygen atoms in total. The smallest absolute Gasteiger partial charge is 0.338 e. The van der Waals surface area contributed by atoms with Crippen molar-refractivity contribution in [1.29, 1.82) is 0 Å². The summed E-state index contributed by atoms with van der Waals surface area (Å²) in [5.74, 6) is -1.05. The van der Waals surface area contributed by atoms with Gasteiger partial charge in [0.2, 0.25) is 0 Å². The molecule has 0 saturated carbocycles. The van der Waals surface area contributed by atoms with Crippen molar-refractivity contribution in [2.24, 2.45) is 0 Å². The molecule has 2 aromatic rings. The molecule has 0 unspecified atom stereocenters. The number of carboxylic acid groups (broad SMARTS) is 1. The normalized spacial score (nSPS) is 10.2. The zero-order valence-electron chi connectivity index (χ0n) is 11.5. The fourth-order valence-corrected chi connectivity index (χ4v) is 2.77. The number of hydrogen-bond donors (Lipinski definition) is 3. The van der Waals surface area contributed by atoms with E-state index in [0.29, 0.717) is 16.3 Å². The highest BCUT2D eigenvalue weighted by Gasteiger charge is 2.20. The molecule has 2 aromatic heterocycles. The molecular weight excluding hydrogens is 292 g/mol. The number of aryl methyl sites for hydroxylation is 1. The van der Waals surface area contributed by atoms with E-state index in [0.717, 1.165) is 4.88 Å². The summed E-state index contributed by atoms with van der Waals surface area (Å²) in [6.45, 7) is 3.75. The third-order valence-corrected chi connectivity index (χ3v) is 4.01. The van der Waals surface area contributed by atoms with Crippen molar-refractivity contribution in [1.82, 2.24) is 15.5 Å². The number of hydrogen-bond acceptors (Lipinski definition) is 5. The highest BCUT2D eigenvalue weighted by atomic mass is 32.1. The summed E-state index contributed by atoms with van der Waals surface area (Å²) in [5, 5.41) is 22.2. The predicted molar refractivity (Wildman–Crippen MR) is 78.6 cm³/mol. The van der Waals surface area contributed by atoms with Crippen molar-refractivity contribution in [3.8, 4) is 0 Å². The molecule has 110 valence electrons. The summed E-state index contributed by atoms with van der Waals surface area (Å²) < 4.78 is 0. The van der Waals surface area contributed by atoms with E-state index in [4.69, 9.17) is 0 Å². The number of carbonyl (C=O) groups is 2. The minimum Gasteiger partial charge on any atom is -0.478 e. The molecule has 0 aromatic carbocycles. The van der Waals surface area contributed by atoms with Crippen molar-refractivity contribution >= 4 is 28.3 Å². The average Bonchev–Trinajstić information content (AvgIpc) is 2.72. The Bertz CT molecular complexity index is 670. The molecule has 0 radical (unpaired) electrons. The number of nitrogens with zero attached hydrogens (tertiary/aromatic N) is 2. The van der Waals surface area contributed by atoms with Crippen LogP contribution in [0.5, 0.6) is 0 Å². The third kappa shape index (κ3) is 3.54. The zero-order chi connectivity index (χ0) is 15.4. The number of carboxylic acids is 1. The molecule has 2 amide bonds. The summed E-state index contributed by atoms with van der Waals surface area (Å²) >= 11 is 1.24. The van der Waals surface area contributed by atoms with E-state index in [-0.39, 0.29) is 12.1 Å². The van der Waals surface area contributed by atoms with Crippen molar-refractivity contribution in [3.63, 3.8) is 0 Å². The van der Waals surface area contributed by atoms with E-state index < -0.39 is 12.0 Å². The molecular formula is C13H14N4O3S. The van der Waals surface area contributed by atoms with Gasteiger partial charge in [0, 0.05) is 11.1 Å². The lowest BCUT2D eigenvalue weighted by atomic mass is 10.1. The zero-order valence-corrected chi connectivity index (χ0v) is 12.3. The van der Waals surface area contributed by atoms with Crippen LogP contribution in [0.4, 0.5) is 9.80 Å². The topological polar surface area (TPSA) is 104 Å². The third-order valence-electron chi connectivity index (χ3n) is 2.88. The van der Waals surface area contributed by atoms with Gasteiger partial charge in [-0.3, -0.25) is 5.32 Å². The van der Waals surface area contributed by atoms with Gasteiger partial charge in [-0.25, -0.2) is 9.59 Å². The molecule has 2 heterocycles. The average molecular weight is 306 g/mol. The van der Waals surface area contributed by atoms with Crippen LogP contribution in [0, 0.1) is 13.8 Å². The number of amides is 2. The molecule has 3 N–H and O–H groups in total. The van der Waals surface area contributed by atoms with Crippen molar-refractivity contribution < 1.29 is 14.7 Å². The van der Waals surface area contributed by atoms with Gasteiger partial charge in [-0.15, -0.1) is 11.3 Å². The van der Waals surface area contributed by atoms with Crippen LogP contribution in [0.1, 0.15) is 26.5 Å². The lowest BCUT2D eigenvalue weighted by molar-refractivity contribution is 0.0697. The molecule has 0 spiro atoms. The number of thiophene rings is 1. The van der Waals surface area contributed by atoms with E-state index in [2.05, 4.69) is 20.8 Å². The summed E-state index contributed by atoms with van der Waals surface area (Å²) in [6.07, 6.45) is 1.54. The van der Waals surface area contributed by atoms with E-state index in [1.165, 1.54) is 11.3 Å². The number of rotatable bonds is 4. The van der Waals surface area contributed by atoms with Crippen LogP contribution in [-0.2, 0) is 6.54 Å². The van der Waals surface area contributed by atoms with Crippen LogP contribution in [0.15, 0.2) is 18.3 Å². The Morgan fingerprint density at radius 1 is 1.38 bits per heavy atom. The first kappa shape index (κ1) is 14.9. The van der Waals surface area contributed by atoms with Gasteiger partial charge in [0.1, 0.15) is 5.00 Å². The Labute approximate surface area is 125 Å². The maximum atomic E-state index is 11.8. The lowest BCUT2D eigenvalue weighted by Gasteiger charge is -2.06. The Hall–Kier alpha value is -2.48. The highest BCUT2D eigenvalue weighted by molar-refractivity contribution is 7.16. The summed E-state index contributed by atoms with van der Waals surface area (Å²) in [7, 11) is 0. The standard InChI is InChI=1S/C13H14N4O3S/c1-7-8(2)21-11(10(7)12(18)19)16-13(20)14-6-9-4-3-5-15-17-9/h3-5H,6H2,1-2H3,(H,18,19)(H2,14,16,20). The minimum absolute atomic E-state index is 0.132.